The van der Waals surface area contributed by atoms with Gasteiger partial charge in [0.15, 0.2) is 0 Å². The Hall–Kier alpha value is -4.60. The summed E-state index contributed by atoms with van der Waals surface area (Å²) < 4.78 is 53.1. The minimum atomic E-state index is -0.736. The molecule has 1 aliphatic heterocycles. The molecule has 0 amide bonds. The molecule has 0 bridgehead atoms. The zero-order chi connectivity index (χ0) is 35.2. The summed E-state index contributed by atoms with van der Waals surface area (Å²) >= 11 is 0. The number of rotatable bonds is 9. The average Bonchev–Trinajstić information content (AvgIpc) is 3.27. The summed E-state index contributed by atoms with van der Waals surface area (Å²) in [5, 5.41) is 0. The summed E-state index contributed by atoms with van der Waals surface area (Å²) in [6.07, 6.45) is 2.43. The van der Waals surface area contributed by atoms with Gasteiger partial charge in [-0.05, 0) is 108 Å². The van der Waals surface area contributed by atoms with Crippen molar-refractivity contribution in [2.45, 2.75) is 77.8 Å². The first kappa shape index (κ1) is 34.3. The molecule has 2 aromatic heterocycles. The van der Waals surface area contributed by atoms with Crippen molar-refractivity contribution < 1.29 is 27.6 Å². The average molecular weight is 663 g/mol. The largest absolute Gasteiger partial charge is 0.495 e. The summed E-state index contributed by atoms with van der Waals surface area (Å²) in [6, 6.07) is 27.7. The lowest BCUT2D eigenvalue weighted by Crippen LogP contribution is -2.41. The first-order valence-electron chi connectivity index (χ1n) is 16.3. The van der Waals surface area contributed by atoms with Crippen LogP contribution in [0.4, 0.5) is 8.78 Å². The van der Waals surface area contributed by atoms with Crippen molar-refractivity contribution in [1.82, 2.24) is 9.97 Å². The van der Waals surface area contributed by atoms with E-state index in [0.717, 1.165) is 27.7 Å². The van der Waals surface area contributed by atoms with Crippen molar-refractivity contribution in [3.05, 3.63) is 126 Å². The third kappa shape index (κ3) is 7.38. The monoisotopic (exact) mass is 662 g/mol. The van der Waals surface area contributed by atoms with Gasteiger partial charge in [0.25, 0.3) is 0 Å². The van der Waals surface area contributed by atoms with Gasteiger partial charge in [-0.1, -0.05) is 48.5 Å². The van der Waals surface area contributed by atoms with Gasteiger partial charge < -0.3 is 18.8 Å². The molecule has 5 aromatic rings. The molecule has 3 aromatic carbocycles. The highest BCUT2D eigenvalue weighted by atomic mass is 19.1. The van der Waals surface area contributed by atoms with Gasteiger partial charge in [0.2, 0.25) is 0 Å². The van der Waals surface area contributed by atoms with E-state index in [1.54, 1.807) is 12.1 Å². The highest BCUT2D eigenvalue weighted by Crippen LogP contribution is 2.39. The number of halogens is 2. The lowest BCUT2D eigenvalue weighted by atomic mass is 9.79. The fourth-order valence-corrected chi connectivity index (χ4v) is 5.71. The predicted molar refractivity (Wildman–Crippen MR) is 189 cm³/mol. The number of aromatic nitrogens is 2. The molecule has 0 saturated carbocycles. The van der Waals surface area contributed by atoms with Crippen LogP contribution in [0.1, 0.15) is 66.5 Å². The van der Waals surface area contributed by atoms with Gasteiger partial charge in [-0.25, -0.2) is 8.78 Å². The van der Waals surface area contributed by atoms with Crippen molar-refractivity contribution in [2.24, 2.45) is 0 Å². The zero-order valence-corrected chi connectivity index (χ0v) is 29.2. The van der Waals surface area contributed by atoms with Gasteiger partial charge in [-0.15, -0.1) is 0 Å². The second-order valence-electron chi connectivity index (χ2n) is 14.4. The maximum atomic E-state index is 13.4. The van der Waals surface area contributed by atoms with E-state index in [4.69, 9.17) is 18.8 Å². The lowest BCUT2D eigenvalue weighted by molar-refractivity contribution is 0.00578. The Morgan fingerprint density at radius 2 is 0.959 bits per heavy atom. The van der Waals surface area contributed by atoms with E-state index in [-0.39, 0.29) is 11.6 Å². The first-order valence-corrected chi connectivity index (χ1v) is 16.3. The Kier molecular flexibility index (Phi) is 8.88. The maximum Gasteiger partial charge on any atom is 0.495 e. The molecule has 1 saturated heterocycles. The minimum absolute atomic E-state index is 0.373. The summed E-state index contributed by atoms with van der Waals surface area (Å²) in [6.45, 7) is 16.1. The first-order chi connectivity index (χ1) is 23.0. The van der Waals surface area contributed by atoms with Crippen LogP contribution in [0.2, 0.25) is 0 Å². The van der Waals surface area contributed by atoms with Crippen LogP contribution in [0.3, 0.4) is 0 Å². The molecule has 0 radical (unpaired) electrons. The molecular weight excluding hydrogens is 621 g/mol. The Bertz CT molecular complexity index is 1790. The molecule has 252 valence electrons. The number of nitrogens with zero attached hydrogens (tertiary/aromatic N) is 2. The lowest BCUT2D eigenvalue weighted by Gasteiger charge is -2.32. The highest BCUT2D eigenvalue weighted by molar-refractivity contribution is 6.62. The molecule has 3 heterocycles. The molecule has 0 atom stereocenters. The van der Waals surface area contributed by atoms with Gasteiger partial charge in [0.05, 0.1) is 35.0 Å². The van der Waals surface area contributed by atoms with Crippen molar-refractivity contribution in [3.8, 4) is 34.0 Å². The van der Waals surface area contributed by atoms with Crippen LogP contribution in [-0.2, 0) is 20.5 Å². The number of ether oxygens (including phenoxy) is 2. The topological polar surface area (TPSA) is 62.7 Å². The maximum absolute atomic E-state index is 13.4. The standard InChI is InChI=1S/C40H41BF2N2O4/c1-37(2,28-13-9-26(10-14-28)35-19-17-31(42)24-44-35)46-33-21-30(41-48-39(5,6)40(7,8)49-41)22-34(23-33)47-38(3,4)29-15-11-27(12-16-29)36-20-18-32(43)25-45-36/h9-25H,1-8H3. The van der Waals surface area contributed by atoms with Crippen molar-refractivity contribution >= 4 is 12.6 Å². The Labute approximate surface area is 287 Å². The molecule has 0 aliphatic carbocycles. The van der Waals surface area contributed by atoms with Gasteiger partial charge in [-0.2, -0.15) is 0 Å². The van der Waals surface area contributed by atoms with Crippen LogP contribution in [0.25, 0.3) is 22.5 Å². The van der Waals surface area contributed by atoms with E-state index in [2.05, 4.69) is 9.97 Å². The van der Waals surface area contributed by atoms with Crippen molar-refractivity contribution in [3.63, 3.8) is 0 Å². The van der Waals surface area contributed by atoms with Gasteiger partial charge >= 0.3 is 7.12 Å². The summed E-state index contributed by atoms with van der Waals surface area (Å²) in [5.41, 5.74) is 3.25. The quantitative estimate of drug-likeness (QED) is 0.147. The summed E-state index contributed by atoms with van der Waals surface area (Å²) in [5.74, 6) is 0.429. The molecule has 49 heavy (non-hydrogen) atoms. The predicted octanol–water partition coefficient (Wildman–Crippen LogP) is 9.02. The second kappa shape index (κ2) is 12.7. The normalized spacial score (nSPS) is 15.7. The van der Waals surface area contributed by atoms with Crippen LogP contribution in [0, 0.1) is 11.6 Å². The molecule has 0 N–H and O–H groups in total. The summed E-state index contributed by atoms with van der Waals surface area (Å²) in [4.78, 5) is 8.40. The molecule has 9 heteroatoms. The van der Waals surface area contributed by atoms with Crippen LogP contribution >= 0.6 is 0 Å². The number of hydrogen-bond donors (Lipinski definition) is 0. The van der Waals surface area contributed by atoms with Crippen LogP contribution in [0.15, 0.2) is 103 Å². The third-order valence-corrected chi connectivity index (χ3v) is 9.38. The summed E-state index contributed by atoms with van der Waals surface area (Å²) in [7, 11) is -0.632. The van der Waals surface area contributed by atoms with Crippen molar-refractivity contribution in [1.29, 1.82) is 0 Å². The molecule has 6 rings (SSSR count). The third-order valence-electron chi connectivity index (χ3n) is 9.38. The zero-order valence-electron chi connectivity index (χ0n) is 29.2. The molecule has 1 aliphatic rings. The van der Waals surface area contributed by atoms with E-state index in [9.17, 15) is 8.78 Å². The van der Waals surface area contributed by atoms with E-state index in [1.165, 1.54) is 24.5 Å². The van der Waals surface area contributed by atoms with E-state index in [0.29, 0.717) is 22.9 Å². The van der Waals surface area contributed by atoms with Gasteiger partial charge in [-0.3, -0.25) is 9.97 Å². The highest BCUT2D eigenvalue weighted by Gasteiger charge is 2.52. The van der Waals surface area contributed by atoms with E-state index >= 15 is 0 Å². The number of benzene rings is 3. The number of pyridine rings is 2. The van der Waals surface area contributed by atoms with Gasteiger partial charge in [0.1, 0.15) is 34.3 Å². The smallest absolute Gasteiger partial charge is 0.483 e. The molecule has 1 fully saturated rings. The van der Waals surface area contributed by atoms with E-state index in [1.807, 2.05) is 122 Å². The Balaban J connectivity index is 1.29. The van der Waals surface area contributed by atoms with E-state index < -0.39 is 29.5 Å². The van der Waals surface area contributed by atoms with Crippen molar-refractivity contribution in [2.75, 3.05) is 0 Å². The fraction of sp³-hybridized carbons (Fsp3) is 0.300. The molecular formula is C40H41BF2N2O4. The van der Waals surface area contributed by atoms with Crippen LogP contribution in [-0.4, -0.2) is 28.3 Å². The SMILES string of the molecule is CC(C)(Oc1cc(OC(C)(C)c2ccc(-c3ccc(F)cn3)cc2)cc(B2OC(C)(C)C(C)(C)O2)c1)c1ccc(-c2ccc(F)cn2)cc1. The molecule has 0 spiro atoms. The second-order valence-corrected chi connectivity index (χ2v) is 14.4. The molecule has 0 unspecified atom stereocenters. The van der Waals surface area contributed by atoms with Gasteiger partial charge in [0, 0.05) is 17.2 Å². The van der Waals surface area contributed by atoms with Crippen LogP contribution < -0.4 is 14.9 Å². The minimum Gasteiger partial charge on any atom is -0.483 e. The molecule has 6 nitrogen and oxygen atoms in total. The Morgan fingerprint density at radius 1 is 0.571 bits per heavy atom. The fourth-order valence-electron chi connectivity index (χ4n) is 5.71. The van der Waals surface area contributed by atoms with Crippen LogP contribution in [0.5, 0.6) is 11.5 Å². The number of hydrogen-bond acceptors (Lipinski definition) is 6. The Morgan fingerprint density at radius 3 is 1.31 bits per heavy atom.